The molecule has 0 fully saturated rings. The topological polar surface area (TPSA) is 26.3 Å². The van der Waals surface area contributed by atoms with Crippen molar-refractivity contribution in [2.45, 2.75) is 116 Å². The minimum Gasteiger partial charge on any atom is -0.481 e. The molecule has 0 saturated heterocycles. The van der Waals surface area contributed by atoms with Gasteiger partial charge in [0.05, 0.1) is 0 Å². The van der Waals surface area contributed by atoms with Crippen molar-refractivity contribution in [2.75, 3.05) is 0 Å². The van der Waals surface area contributed by atoms with Crippen molar-refractivity contribution < 1.29 is 9.53 Å². The number of benzene rings is 1. The summed E-state index contributed by atoms with van der Waals surface area (Å²) in [5.41, 5.74) is 1.17. The molecule has 0 amide bonds. The van der Waals surface area contributed by atoms with Gasteiger partial charge in [-0.15, -0.1) is 0 Å². The van der Waals surface area contributed by atoms with Gasteiger partial charge in [0.2, 0.25) is 0 Å². The minimum atomic E-state index is -0.526. The highest BCUT2D eigenvalue weighted by Gasteiger charge is 2.17. The molecule has 0 N–H and O–H groups in total. The van der Waals surface area contributed by atoms with Crippen LogP contribution in [0.4, 0.5) is 0 Å². The van der Waals surface area contributed by atoms with Gasteiger partial charge in [0, 0.05) is 0 Å². The largest absolute Gasteiger partial charge is 0.481 e. The molecule has 0 bridgehead atoms. The maximum absolute atomic E-state index is 11.6. The lowest BCUT2D eigenvalue weighted by atomic mass is 10.0. The summed E-state index contributed by atoms with van der Waals surface area (Å²) in [5, 5.41) is -0.393. The maximum Gasteiger partial charge on any atom is 0.262 e. The summed E-state index contributed by atoms with van der Waals surface area (Å²) < 4.78 is 5.76. The average Bonchev–Trinajstić information content (AvgIpc) is 2.68. The Balaban J connectivity index is 1.97. The van der Waals surface area contributed by atoms with E-state index in [0.29, 0.717) is 6.42 Å². The summed E-state index contributed by atoms with van der Waals surface area (Å²) in [6.45, 7) is 4.30. The molecule has 1 rings (SSSR count). The molecule has 1 unspecified atom stereocenters. The third-order valence-electron chi connectivity index (χ3n) is 5.37. The zero-order valence-electron chi connectivity index (χ0n) is 18.2. The van der Waals surface area contributed by atoms with Crippen LogP contribution in [0.3, 0.4) is 0 Å². The van der Waals surface area contributed by atoms with E-state index in [-0.39, 0.29) is 0 Å². The van der Waals surface area contributed by atoms with Gasteiger partial charge >= 0.3 is 0 Å². The number of aryl methyl sites for hydroxylation is 1. The van der Waals surface area contributed by atoms with E-state index in [1.165, 1.54) is 82.6 Å². The maximum atomic E-state index is 11.6. The molecule has 0 aromatic heterocycles. The Labute approximate surface area is 178 Å². The highest BCUT2D eigenvalue weighted by Crippen LogP contribution is 2.19. The predicted molar refractivity (Wildman–Crippen MR) is 121 cm³/mol. The number of hydrogen-bond acceptors (Lipinski definition) is 2. The van der Waals surface area contributed by atoms with E-state index in [2.05, 4.69) is 6.92 Å². The fourth-order valence-corrected chi connectivity index (χ4v) is 3.68. The van der Waals surface area contributed by atoms with E-state index in [4.69, 9.17) is 16.3 Å². The fraction of sp³-hybridized carbons (Fsp3) is 0.720. The first-order valence-electron chi connectivity index (χ1n) is 11.6. The number of carbonyl (C=O) groups is 1. The Hall–Kier alpha value is -1.02. The van der Waals surface area contributed by atoms with Crippen LogP contribution >= 0.6 is 11.6 Å². The van der Waals surface area contributed by atoms with Crippen LogP contribution in [0.25, 0.3) is 0 Å². The van der Waals surface area contributed by atoms with Crippen LogP contribution < -0.4 is 4.74 Å². The zero-order valence-corrected chi connectivity index (χ0v) is 18.9. The first-order chi connectivity index (χ1) is 13.6. The third kappa shape index (κ3) is 13.2. The van der Waals surface area contributed by atoms with Crippen molar-refractivity contribution in [3.63, 3.8) is 0 Å². The van der Waals surface area contributed by atoms with Gasteiger partial charge < -0.3 is 4.74 Å². The van der Waals surface area contributed by atoms with Crippen molar-refractivity contribution in [1.29, 1.82) is 0 Å². The standard InChI is InChI=1S/C25H41ClO2/c1-3-4-5-6-7-8-9-10-11-12-13-14-15-16-17-24(25(26)27)28-23-20-18-22(2)19-21-23/h18-21,24H,3-17H2,1-2H3. The summed E-state index contributed by atoms with van der Waals surface area (Å²) in [6.07, 6.45) is 18.8. The third-order valence-corrected chi connectivity index (χ3v) is 5.62. The van der Waals surface area contributed by atoms with Gasteiger partial charge in [-0.1, -0.05) is 108 Å². The Morgan fingerprint density at radius 2 is 1.21 bits per heavy atom. The Bertz CT molecular complexity index is 498. The van der Waals surface area contributed by atoms with E-state index >= 15 is 0 Å². The minimum absolute atomic E-state index is 0.393. The van der Waals surface area contributed by atoms with Gasteiger partial charge in [-0.25, -0.2) is 0 Å². The van der Waals surface area contributed by atoms with Crippen LogP contribution in [0.15, 0.2) is 24.3 Å². The molecule has 1 atom stereocenters. The van der Waals surface area contributed by atoms with E-state index in [9.17, 15) is 4.79 Å². The van der Waals surface area contributed by atoms with Crippen molar-refractivity contribution >= 4 is 16.8 Å². The van der Waals surface area contributed by atoms with Crippen LogP contribution in [0.5, 0.6) is 5.75 Å². The van der Waals surface area contributed by atoms with Crippen LogP contribution in [0.1, 0.15) is 109 Å². The summed E-state index contributed by atoms with van der Waals surface area (Å²) in [6, 6.07) is 7.76. The van der Waals surface area contributed by atoms with Gasteiger partial charge in [-0.2, -0.15) is 0 Å². The monoisotopic (exact) mass is 408 g/mol. The lowest BCUT2D eigenvalue weighted by molar-refractivity contribution is -0.118. The Morgan fingerprint density at radius 3 is 1.64 bits per heavy atom. The van der Waals surface area contributed by atoms with Crippen LogP contribution in [-0.4, -0.2) is 11.3 Å². The summed E-state index contributed by atoms with van der Waals surface area (Å²) in [4.78, 5) is 11.6. The molecule has 0 aliphatic carbocycles. The first kappa shape index (κ1) is 25.0. The Morgan fingerprint density at radius 1 is 0.786 bits per heavy atom. The zero-order chi connectivity index (χ0) is 20.5. The molecule has 0 aliphatic heterocycles. The molecular weight excluding hydrogens is 368 g/mol. The lowest BCUT2D eigenvalue weighted by Gasteiger charge is -2.15. The van der Waals surface area contributed by atoms with Crippen LogP contribution in [0.2, 0.25) is 0 Å². The second kappa shape index (κ2) is 16.9. The number of unbranched alkanes of at least 4 members (excludes halogenated alkanes) is 13. The van der Waals surface area contributed by atoms with Gasteiger partial charge in [-0.05, 0) is 43.5 Å². The highest BCUT2D eigenvalue weighted by molar-refractivity contribution is 6.64. The molecule has 0 aliphatic rings. The number of ether oxygens (including phenoxy) is 1. The lowest BCUT2D eigenvalue weighted by Crippen LogP contribution is -2.23. The number of halogens is 1. The van der Waals surface area contributed by atoms with Crippen molar-refractivity contribution in [3.05, 3.63) is 29.8 Å². The number of hydrogen-bond donors (Lipinski definition) is 0. The summed E-state index contributed by atoms with van der Waals surface area (Å²) in [5.74, 6) is 0.718. The second-order valence-corrected chi connectivity index (χ2v) is 8.48. The normalized spacial score (nSPS) is 12.1. The summed E-state index contributed by atoms with van der Waals surface area (Å²) >= 11 is 5.72. The molecule has 0 spiro atoms. The number of rotatable bonds is 18. The van der Waals surface area contributed by atoms with E-state index in [0.717, 1.165) is 18.6 Å². The second-order valence-electron chi connectivity index (χ2n) is 8.11. The van der Waals surface area contributed by atoms with Gasteiger partial charge in [-0.3, -0.25) is 4.79 Å². The number of carbonyl (C=O) groups excluding carboxylic acids is 1. The van der Waals surface area contributed by atoms with E-state index < -0.39 is 11.3 Å². The molecule has 0 radical (unpaired) electrons. The molecular formula is C25H41ClO2. The molecule has 3 heteroatoms. The molecule has 0 saturated carbocycles. The highest BCUT2D eigenvalue weighted by atomic mass is 35.5. The fourth-order valence-electron chi connectivity index (χ4n) is 3.52. The quantitative estimate of drug-likeness (QED) is 0.180. The molecule has 1 aromatic rings. The van der Waals surface area contributed by atoms with Crippen LogP contribution in [0, 0.1) is 6.92 Å². The summed E-state index contributed by atoms with van der Waals surface area (Å²) in [7, 11) is 0. The average molecular weight is 409 g/mol. The predicted octanol–water partition coefficient (Wildman–Crippen LogP) is 8.38. The first-order valence-corrected chi connectivity index (χ1v) is 11.9. The molecule has 0 heterocycles. The van der Waals surface area contributed by atoms with Crippen LogP contribution in [-0.2, 0) is 4.79 Å². The van der Waals surface area contributed by atoms with E-state index in [1.54, 1.807) is 0 Å². The molecule has 28 heavy (non-hydrogen) atoms. The Kier molecular flexibility index (Phi) is 15.1. The van der Waals surface area contributed by atoms with Crippen molar-refractivity contribution in [1.82, 2.24) is 0 Å². The van der Waals surface area contributed by atoms with Crippen molar-refractivity contribution in [2.24, 2.45) is 0 Å². The van der Waals surface area contributed by atoms with Gasteiger partial charge in [0.25, 0.3) is 5.24 Å². The molecule has 160 valence electrons. The SMILES string of the molecule is CCCCCCCCCCCCCCCCC(Oc1ccc(C)cc1)C(=O)Cl. The molecule has 2 nitrogen and oxygen atoms in total. The van der Waals surface area contributed by atoms with Gasteiger partial charge in [0.15, 0.2) is 6.10 Å². The van der Waals surface area contributed by atoms with Crippen molar-refractivity contribution in [3.8, 4) is 5.75 Å². The molecule has 1 aromatic carbocycles. The van der Waals surface area contributed by atoms with Gasteiger partial charge in [0.1, 0.15) is 5.75 Å². The van der Waals surface area contributed by atoms with E-state index in [1.807, 2.05) is 31.2 Å². The smallest absolute Gasteiger partial charge is 0.262 e.